The third-order valence-corrected chi connectivity index (χ3v) is 6.40. The van der Waals surface area contributed by atoms with E-state index in [0.29, 0.717) is 0 Å². The molecule has 0 saturated carbocycles. The minimum atomic E-state index is 1.10. The Bertz CT molecular complexity index is 1470. The van der Waals surface area contributed by atoms with Gasteiger partial charge in [-0.3, -0.25) is 0 Å². The molecule has 5 rings (SSSR count). The molecule has 0 aromatic heterocycles. The molecule has 0 N–H and O–H groups in total. The van der Waals surface area contributed by atoms with E-state index in [9.17, 15) is 0 Å². The summed E-state index contributed by atoms with van der Waals surface area (Å²) in [5.74, 6) is 0. The van der Waals surface area contributed by atoms with Crippen molar-refractivity contribution >= 4 is 29.1 Å². The minimum Gasteiger partial charge on any atom is -0.317 e. The lowest BCUT2D eigenvalue weighted by molar-refractivity contribution is 1.28. The third kappa shape index (κ3) is 6.46. The van der Waals surface area contributed by atoms with Crippen molar-refractivity contribution in [3.8, 4) is 0 Å². The number of hydrogen-bond donors (Lipinski definition) is 0. The first-order valence-electron chi connectivity index (χ1n) is 12.9. The second kappa shape index (κ2) is 12.4. The Hall–Kier alpha value is -4.88. The molecule has 5 aromatic rings. The summed E-state index contributed by atoms with van der Waals surface area (Å²) in [5.41, 5.74) is 9.38. The van der Waals surface area contributed by atoms with Gasteiger partial charge in [-0.25, -0.2) is 0 Å². The lowest BCUT2D eigenvalue weighted by Gasteiger charge is -2.23. The van der Waals surface area contributed by atoms with Crippen LogP contribution in [0.1, 0.15) is 27.8 Å². The second-order valence-corrected chi connectivity index (χ2v) is 9.20. The Labute approximate surface area is 226 Å². The molecule has 0 heterocycles. The molecule has 184 valence electrons. The Morgan fingerprint density at radius 3 is 1.39 bits per heavy atom. The molecule has 0 unspecified atom stereocenters. The van der Waals surface area contributed by atoms with Crippen molar-refractivity contribution < 1.29 is 0 Å². The van der Waals surface area contributed by atoms with E-state index in [1.54, 1.807) is 0 Å². The van der Waals surface area contributed by atoms with Crippen LogP contribution in [0.5, 0.6) is 0 Å². The van der Waals surface area contributed by atoms with Gasteiger partial charge in [0, 0.05) is 23.1 Å². The smallest absolute Gasteiger partial charge is 0.0456 e. The fourth-order valence-corrected chi connectivity index (χ4v) is 4.32. The summed E-state index contributed by atoms with van der Waals surface area (Å²) < 4.78 is 0. The quantitative estimate of drug-likeness (QED) is 0.196. The first kappa shape index (κ1) is 24.8. The molecule has 0 fully saturated rings. The van der Waals surface area contributed by atoms with E-state index in [-0.39, 0.29) is 0 Å². The van der Waals surface area contributed by atoms with Gasteiger partial charge in [-0.15, -0.1) is 0 Å². The van der Waals surface area contributed by atoms with Crippen LogP contribution in [0.25, 0.3) is 17.7 Å². The average Bonchev–Trinajstić information content (AvgIpc) is 2.99. The molecule has 0 spiro atoms. The van der Waals surface area contributed by atoms with Crippen LogP contribution in [0, 0.1) is 6.92 Å². The third-order valence-electron chi connectivity index (χ3n) is 6.40. The number of benzene rings is 5. The Balaban J connectivity index is 1.46. The van der Waals surface area contributed by atoms with Gasteiger partial charge < -0.3 is 4.90 Å². The first-order chi connectivity index (χ1) is 18.8. The summed E-state index contributed by atoms with van der Waals surface area (Å²) in [6, 6.07) is 48.9. The zero-order chi connectivity index (χ0) is 26.0. The van der Waals surface area contributed by atoms with Crippen molar-refractivity contribution in [2.24, 2.45) is 0 Å². The van der Waals surface area contributed by atoms with E-state index >= 15 is 0 Å². The van der Waals surface area contributed by atoms with Crippen molar-refractivity contribution in [3.63, 3.8) is 0 Å². The Morgan fingerprint density at radius 1 is 0.474 bits per heavy atom. The SMILES string of the molecule is Cc1ccc(/C=C/C=C/c2ccc(N(C=C(c3ccccc3)c3ccccc3)c3ccccc3)cc2)cc1. The van der Waals surface area contributed by atoms with Crippen molar-refractivity contribution in [3.05, 3.63) is 186 Å². The monoisotopic (exact) mass is 489 g/mol. The first-order valence-corrected chi connectivity index (χ1v) is 12.9. The summed E-state index contributed by atoms with van der Waals surface area (Å²) >= 11 is 0. The Morgan fingerprint density at radius 2 is 0.895 bits per heavy atom. The highest BCUT2D eigenvalue weighted by Crippen LogP contribution is 2.31. The number of anilines is 2. The van der Waals surface area contributed by atoms with Crippen molar-refractivity contribution in [2.75, 3.05) is 4.90 Å². The summed E-state index contributed by atoms with van der Waals surface area (Å²) in [6.45, 7) is 2.11. The molecule has 0 aliphatic heterocycles. The number of allylic oxidation sites excluding steroid dienone is 2. The van der Waals surface area contributed by atoms with Gasteiger partial charge in [0.05, 0.1) is 0 Å². The van der Waals surface area contributed by atoms with Crippen LogP contribution in [-0.4, -0.2) is 0 Å². The van der Waals surface area contributed by atoms with Crippen LogP contribution in [0.4, 0.5) is 11.4 Å². The van der Waals surface area contributed by atoms with Crippen LogP contribution in [-0.2, 0) is 0 Å². The van der Waals surface area contributed by atoms with Crippen LogP contribution < -0.4 is 4.90 Å². The zero-order valence-corrected chi connectivity index (χ0v) is 21.6. The average molecular weight is 490 g/mol. The maximum Gasteiger partial charge on any atom is 0.0456 e. The number of para-hydroxylation sites is 1. The van der Waals surface area contributed by atoms with E-state index < -0.39 is 0 Å². The van der Waals surface area contributed by atoms with Crippen LogP contribution in [0.2, 0.25) is 0 Å². The summed E-state index contributed by atoms with van der Waals surface area (Å²) in [6.07, 6.45) is 10.7. The predicted octanol–water partition coefficient (Wildman–Crippen LogP) is 9.95. The highest BCUT2D eigenvalue weighted by atomic mass is 15.1. The van der Waals surface area contributed by atoms with E-state index in [4.69, 9.17) is 0 Å². The summed E-state index contributed by atoms with van der Waals surface area (Å²) in [7, 11) is 0. The standard InChI is InChI=1S/C37H31N/c1-30-21-23-31(24-22-30)13-11-12-14-32-25-27-36(28-26-32)38(35-19-9-4-10-20-35)29-37(33-15-5-2-6-16-33)34-17-7-3-8-18-34/h2-29H,1H3/b13-11+,14-12+. The van der Waals surface area contributed by atoms with Gasteiger partial charge in [0.2, 0.25) is 0 Å². The lowest BCUT2D eigenvalue weighted by atomic mass is 9.98. The van der Waals surface area contributed by atoms with Crippen molar-refractivity contribution in [1.82, 2.24) is 0 Å². The molecule has 0 atom stereocenters. The molecule has 0 saturated heterocycles. The van der Waals surface area contributed by atoms with E-state index in [2.05, 4.69) is 182 Å². The van der Waals surface area contributed by atoms with Gasteiger partial charge in [-0.1, -0.05) is 145 Å². The molecular formula is C37H31N. The van der Waals surface area contributed by atoms with Gasteiger partial charge in [-0.2, -0.15) is 0 Å². The molecule has 1 nitrogen and oxygen atoms in total. The lowest BCUT2D eigenvalue weighted by Crippen LogP contribution is -2.10. The molecule has 0 aliphatic rings. The fourth-order valence-electron chi connectivity index (χ4n) is 4.32. The topological polar surface area (TPSA) is 3.24 Å². The Kier molecular flexibility index (Phi) is 8.08. The van der Waals surface area contributed by atoms with Gasteiger partial charge in [0.15, 0.2) is 0 Å². The predicted molar refractivity (Wildman–Crippen MR) is 164 cm³/mol. The van der Waals surface area contributed by atoms with Gasteiger partial charge in [0.25, 0.3) is 0 Å². The van der Waals surface area contributed by atoms with E-state index in [1.165, 1.54) is 27.8 Å². The molecule has 0 bridgehead atoms. The van der Waals surface area contributed by atoms with Gasteiger partial charge in [0.1, 0.15) is 0 Å². The van der Waals surface area contributed by atoms with Crippen LogP contribution in [0.15, 0.2) is 158 Å². The van der Waals surface area contributed by atoms with Crippen molar-refractivity contribution in [1.29, 1.82) is 0 Å². The molecule has 1 heteroatoms. The number of rotatable bonds is 8. The largest absolute Gasteiger partial charge is 0.317 e. The van der Waals surface area contributed by atoms with E-state index in [1.807, 2.05) is 0 Å². The van der Waals surface area contributed by atoms with Crippen LogP contribution >= 0.6 is 0 Å². The van der Waals surface area contributed by atoms with Gasteiger partial charge in [-0.05, 0) is 53.4 Å². The highest BCUT2D eigenvalue weighted by molar-refractivity contribution is 5.84. The maximum atomic E-state index is 2.26. The fraction of sp³-hybridized carbons (Fsp3) is 0.0270. The highest BCUT2D eigenvalue weighted by Gasteiger charge is 2.11. The van der Waals surface area contributed by atoms with Crippen molar-refractivity contribution in [2.45, 2.75) is 6.92 Å². The second-order valence-electron chi connectivity index (χ2n) is 9.20. The number of hydrogen-bond acceptors (Lipinski definition) is 1. The summed E-state index contributed by atoms with van der Waals surface area (Å²) in [5, 5.41) is 0. The molecule has 0 aliphatic carbocycles. The molecule has 38 heavy (non-hydrogen) atoms. The maximum absolute atomic E-state index is 2.26. The molecule has 0 radical (unpaired) electrons. The molecule has 5 aromatic carbocycles. The zero-order valence-electron chi connectivity index (χ0n) is 21.6. The molecule has 0 amide bonds. The minimum absolute atomic E-state index is 1.10. The normalized spacial score (nSPS) is 11.1. The van der Waals surface area contributed by atoms with Gasteiger partial charge >= 0.3 is 0 Å². The van der Waals surface area contributed by atoms with E-state index in [0.717, 1.165) is 16.9 Å². The van der Waals surface area contributed by atoms with Crippen LogP contribution in [0.3, 0.4) is 0 Å². The number of nitrogens with zero attached hydrogens (tertiary/aromatic N) is 1. The summed E-state index contributed by atoms with van der Waals surface area (Å²) in [4.78, 5) is 2.26. The molecular weight excluding hydrogens is 458 g/mol. The number of aryl methyl sites for hydroxylation is 1.